The molecule has 27 heavy (non-hydrogen) atoms. The van der Waals surface area contributed by atoms with Crippen LogP contribution < -0.4 is 9.47 Å². The standard InChI is InChI=1S/C20H13ClFN2O2S/c1-9-3-14-18(26-9)15(22)7-16-19(14)27-20(24-16)13-6-11(21)4-10-5-12(25-2)8-23-17(10)13/h4-9H,1,3H2,2H3/t9-/m1/s1. The molecule has 5 rings (SSSR count). The summed E-state index contributed by atoms with van der Waals surface area (Å²) in [7, 11) is 1.59. The first-order chi connectivity index (χ1) is 13.0. The maximum absolute atomic E-state index is 14.4. The minimum atomic E-state index is -0.403. The number of thiazole rings is 1. The zero-order valence-electron chi connectivity index (χ0n) is 14.3. The Labute approximate surface area is 163 Å². The largest absolute Gasteiger partial charge is 0.495 e. The summed E-state index contributed by atoms with van der Waals surface area (Å²) in [4.78, 5) is 9.17. The third kappa shape index (κ3) is 2.63. The predicted octanol–water partition coefficient (Wildman–Crippen LogP) is 5.45. The van der Waals surface area contributed by atoms with Crippen LogP contribution in [-0.4, -0.2) is 23.2 Å². The molecule has 0 saturated carbocycles. The number of hydrogen-bond acceptors (Lipinski definition) is 5. The second-order valence-corrected chi connectivity index (χ2v) is 7.81. The Hall–Kier alpha value is -2.44. The zero-order chi connectivity index (χ0) is 18.7. The van der Waals surface area contributed by atoms with E-state index in [9.17, 15) is 4.39 Å². The summed E-state index contributed by atoms with van der Waals surface area (Å²) in [5, 5.41) is 2.16. The highest BCUT2D eigenvalue weighted by molar-refractivity contribution is 7.22. The highest BCUT2D eigenvalue weighted by atomic mass is 35.5. The van der Waals surface area contributed by atoms with Crippen LogP contribution in [0.1, 0.15) is 5.56 Å². The van der Waals surface area contributed by atoms with Crippen molar-refractivity contribution in [2.75, 3.05) is 7.11 Å². The monoisotopic (exact) mass is 399 g/mol. The van der Waals surface area contributed by atoms with Crippen molar-refractivity contribution in [1.82, 2.24) is 9.97 Å². The molecule has 1 radical (unpaired) electrons. The maximum Gasteiger partial charge on any atom is 0.167 e. The molecule has 2 aromatic heterocycles. The highest BCUT2D eigenvalue weighted by Crippen LogP contribution is 2.43. The third-order valence-corrected chi connectivity index (χ3v) is 5.97. The molecule has 0 fully saturated rings. The normalized spacial score (nSPS) is 15.9. The van der Waals surface area contributed by atoms with Crippen LogP contribution in [0, 0.1) is 12.7 Å². The molecule has 0 N–H and O–H groups in total. The van der Waals surface area contributed by atoms with Gasteiger partial charge < -0.3 is 9.47 Å². The van der Waals surface area contributed by atoms with Crippen LogP contribution in [0.3, 0.4) is 0 Å². The number of benzene rings is 2. The average molecular weight is 400 g/mol. The van der Waals surface area contributed by atoms with Gasteiger partial charge in [0.25, 0.3) is 0 Å². The van der Waals surface area contributed by atoms with E-state index in [1.54, 1.807) is 13.3 Å². The van der Waals surface area contributed by atoms with Crippen molar-refractivity contribution in [3.8, 4) is 22.1 Å². The summed E-state index contributed by atoms with van der Waals surface area (Å²) in [5.41, 5.74) is 3.00. The number of hydrogen-bond donors (Lipinski definition) is 0. The van der Waals surface area contributed by atoms with Gasteiger partial charge in [-0.1, -0.05) is 11.6 Å². The minimum Gasteiger partial charge on any atom is -0.495 e. The zero-order valence-corrected chi connectivity index (χ0v) is 15.8. The van der Waals surface area contributed by atoms with Crippen molar-refractivity contribution in [3.63, 3.8) is 0 Å². The van der Waals surface area contributed by atoms with Crippen molar-refractivity contribution in [3.05, 3.63) is 53.8 Å². The second-order valence-electron chi connectivity index (χ2n) is 6.38. The SMILES string of the molecule is [CH2][C@@H]1Cc2c(c(F)cc3nc(-c4cc(Cl)cc5cc(OC)cnc45)sc23)O1. The Kier molecular flexibility index (Phi) is 3.74. The van der Waals surface area contributed by atoms with E-state index in [0.717, 1.165) is 31.7 Å². The number of aromatic nitrogens is 2. The molecule has 4 nitrogen and oxygen atoms in total. The van der Waals surface area contributed by atoms with Gasteiger partial charge in [0.2, 0.25) is 0 Å². The number of fused-ring (bicyclic) bond motifs is 4. The summed E-state index contributed by atoms with van der Waals surface area (Å²) < 4.78 is 26.1. The Morgan fingerprint density at radius 2 is 2.19 bits per heavy atom. The third-order valence-electron chi connectivity index (χ3n) is 4.59. The van der Waals surface area contributed by atoms with Crippen molar-refractivity contribution in [2.45, 2.75) is 12.5 Å². The molecule has 0 amide bonds. The van der Waals surface area contributed by atoms with Crippen LogP contribution in [0.5, 0.6) is 11.5 Å². The number of methoxy groups -OCH3 is 1. The van der Waals surface area contributed by atoms with E-state index in [1.165, 1.54) is 17.4 Å². The lowest BCUT2D eigenvalue weighted by molar-refractivity contribution is 0.269. The number of ether oxygens (including phenoxy) is 2. The van der Waals surface area contributed by atoms with Gasteiger partial charge in [-0.25, -0.2) is 9.37 Å². The molecule has 0 aliphatic carbocycles. The van der Waals surface area contributed by atoms with E-state index < -0.39 is 5.82 Å². The number of nitrogens with zero attached hydrogens (tertiary/aromatic N) is 2. The van der Waals surface area contributed by atoms with Gasteiger partial charge in [0.05, 0.1) is 29.0 Å². The van der Waals surface area contributed by atoms with Gasteiger partial charge in [-0.15, -0.1) is 11.3 Å². The Morgan fingerprint density at radius 1 is 1.33 bits per heavy atom. The van der Waals surface area contributed by atoms with E-state index in [4.69, 9.17) is 21.1 Å². The lowest BCUT2D eigenvalue weighted by Crippen LogP contribution is -2.06. The minimum absolute atomic E-state index is 0.285. The van der Waals surface area contributed by atoms with Crippen molar-refractivity contribution >= 4 is 44.1 Å². The average Bonchev–Trinajstić information content (AvgIpc) is 3.23. The predicted molar refractivity (Wildman–Crippen MR) is 105 cm³/mol. The lowest BCUT2D eigenvalue weighted by atomic mass is 10.1. The fraction of sp³-hybridized carbons (Fsp3) is 0.150. The van der Waals surface area contributed by atoms with Crippen molar-refractivity contribution < 1.29 is 13.9 Å². The summed E-state index contributed by atoms with van der Waals surface area (Å²) in [6.45, 7) is 3.89. The lowest BCUT2D eigenvalue weighted by Gasteiger charge is -2.06. The molecule has 135 valence electrons. The molecule has 3 heterocycles. The molecular formula is C20H13ClFN2O2S. The van der Waals surface area contributed by atoms with Gasteiger partial charge in [0.1, 0.15) is 16.9 Å². The maximum atomic E-state index is 14.4. The molecule has 0 saturated heterocycles. The van der Waals surface area contributed by atoms with E-state index in [2.05, 4.69) is 16.9 Å². The molecular weight excluding hydrogens is 387 g/mol. The molecule has 0 bridgehead atoms. The molecule has 1 atom stereocenters. The molecule has 2 aromatic carbocycles. The number of pyridine rings is 1. The Bertz CT molecular complexity index is 1220. The van der Waals surface area contributed by atoms with E-state index in [1.807, 2.05) is 18.2 Å². The van der Waals surface area contributed by atoms with E-state index in [-0.39, 0.29) is 11.9 Å². The van der Waals surface area contributed by atoms with Gasteiger partial charge in [-0.3, -0.25) is 4.98 Å². The smallest absolute Gasteiger partial charge is 0.167 e. The van der Waals surface area contributed by atoms with Crippen molar-refractivity contribution in [1.29, 1.82) is 0 Å². The van der Waals surface area contributed by atoms with Crippen LogP contribution in [0.2, 0.25) is 5.02 Å². The molecule has 0 unspecified atom stereocenters. The number of rotatable bonds is 2. The summed E-state index contributed by atoms with van der Waals surface area (Å²) >= 11 is 7.81. The second kappa shape index (κ2) is 6.04. The first-order valence-corrected chi connectivity index (χ1v) is 9.48. The fourth-order valence-electron chi connectivity index (χ4n) is 3.41. The van der Waals surface area contributed by atoms with Gasteiger partial charge in [-0.2, -0.15) is 0 Å². The van der Waals surface area contributed by atoms with Gasteiger partial charge in [-0.05, 0) is 25.1 Å². The van der Waals surface area contributed by atoms with Crippen LogP contribution in [0.4, 0.5) is 4.39 Å². The number of halogens is 2. The molecule has 1 aliphatic rings. The van der Waals surface area contributed by atoms with Gasteiger partial charge >= 0.3 is 0 Å². The fourth-order valence-corrected chi connectivity index (χ4v) is 4.75. The highest BCUT2D eigenvalue weighted by Gasteiger charge is 2.27. The summed E-state index contributed by atoms with van der Waals surface area (Å²) in [6, 6.07) is 6.96. The molecule has 0 spiro atoms. The van der Waals surface area contributed by atoms with E-state index >= 15 is 0 Å². The first-order valence-electron chi connectivity index (χ1n) is 8.29. The van der Waals surface area contributed by atoms with Gasteiger partial charge in [0, 0.05) is 34.0 Å². The van der Waals surface area contributed by atoms with Crippen LogP contribution in [0.25, 0.3) is 31.7 Å². The quantitative estimate of drug-likeness (QED) is 0.449. The Morgan fingerprint density at radius 3 is 3.00 bits per heavy atom. The van der Waals surface area contributed by atoms with Crippen molar-refractivity contribution in [2.24, 2.45) is 0 Å². The molecule has 1 aliphatic heterocycles. The van der Waals surface area contributed by atoms with E-state index in [0.29, 0.717) is 22.7 Å². The molecule has 7 heteroatoms. The topological polar surface area (TPSA) is 44.2 Å². The van der Waals surface area contributed by atoms with Crippen LogP contribution in [0.15, 0.2) is 30.5 Å². The molecule has 4 aromatic rings. The van der Waals surface area contributed by atoms with Crippen LogP contribution in [-0.2, 0) is 6.42 Å². The summed E-state index contributed by atoms with van der Waals surface area (Å²) in [6.07, 6.45) is 1.94. The van der Waals surface area contributed by atoms with Crippen LogP contribution >= 0.6 is 22.9 Å². The summed E-state index contributed by atoms with van der Waals surface area (Å²) in [5.74, 6) is 0.536. The first kappa shape index (κ1) is 16.7. The van der Waals surface area contributed by atoms with Gasteiger partial charge in [0.15, 0.2) is 11.6 Å². The Balaban J connectivity index is 1.76.